The van der Waals surface area contributed by atoms with Gasteiger partial charge in [-0.15, -0.1) is 10.2 Å². The number of carboxylic acids is 1. The summed E-state index contributed by atoms with van der Waals surface area (Å²) in [5, 5.41) is 85.4. The number of benzene rings is 4. The van der Waals surface area contributed by atoms with E-state index in [0.29, 0.717) is 43.7 Å². The number of unbranched alkanes of at least 4 members (excludes halogenated alkanes) is 1. The van der Waals surface area contributed by atoms with E-state index in [2.05, 4.69) is 68.5 Å². The molecule has 0 radical (unpaired) electrons. The summed E-state index contributed by atoms with van der Waals surface area (Å²) >= 11 is 0. The molecule has 0 unspecified atom stereocenters. The van der Waals surface area contributed by atoms with Gasteiger partial charge in [-0.05, 0) is 145 Å². The molecular weight excluding hydrogens is 1370 g/mol. The Labute approximate surface area is 604 Å². The fourth-order valence-corrected chi connectivity index (χ4v) is 11.0. The Morgan fingerprint density at radius 3 is 1.85 bits per heavy atom. The average Bonchev–Trinajstić information content (AvgIpc) is 1.07. The van der Waals surface area contributed by atoms with E-state index in [9.17, 15) is 78.0 Å². The topological polar surface area (TPSA) is 542 Å². The Kier molecular flexibility index (Phi) is 32.5. The Balaban J connectivity index is 1.36. The van der Waals surface area contributed by atoms with Crippen molar-refractivity contribution in [3.05, 3.63) is 130 Å². The Hall–Kier alpha value is -10.9. The third-order valence-electron chi connectivity index (χ3n) is 17.0. The van der Waals surface area contributed by atoms with E-state index >= 15 is 4.39 Å². The molecule has 0 spiro atoms. The number of aliphatic hydroxyl groups is 3. The standard InChI is InChI=1S/C70H95FN16O18/c1-9-43-31-46(105-26-13-12-25-72)23-24-47(43)44-21-19-41(20-22-44)30-50(61(96)75-49(59(73)94)18-14-15-42-28-37(2)27-38(3)29-42)76-62(97)52(33-56(92)93)77-63(98)53(36-88)78-64(99)57(39(4)89)81-68(103)70(8,34-45-16-10-11-17-48(45)71)82-65(100)58(40(5)90)80-55(91)35-74-60(95)51(32-54-83-86-87-84-54)79-66(101)69(6,7)67(102)85-104/h10-11,16-17,19-24,27-29,31,39-40,49-53,57-58,88-90,104H,9,12-15,18,25-26,30,32-36,72H2,1-8H3,(H2,73,94)(H,74,95)(H,75,96)(H,76,97)(H,77,98)(H,78,99)(H,79,101)(H,80,91)(H,81,103)(H,82,100)(H,85,102)(H,92,93)(H,83,84,86,87)/t39-,40-,49+,50+,51+,52+,53+,57+,58+,70+/m1/s1. The SMILES string of the molecule is CCc1cc(OCCCCN)ccc1-c1ccc(C[C@H](NC(=O)[C@H](CC(=O)O)NC(=O)[C@H](CO)NC(=O)[C@@H](NC(=O)[C@](C)(Cc2ccccc2F)NC(=O)[C@@H](NC(=O)CNC(=O)[C@H](Cc2nn[nH]n2)NC(=O)C(C)(C)C(=O)NO)[C@@H](C)O)[C@@H](C)O)C(=O)N[C@@H](CCCc2cc(C)cc(C)c2)C(N)=O)cc1. The fourth-order valence-electron chi connectivity index (χ4n) is 11.0. The molecule has 0 bridgehead atoms. The highest BCUT2D eigenvalue weighted by atomic mass is 19.1. The zero-order chi connectivity index (χ0) is 77.9. The lowest BCUT2D eigenvalue weighted by atomic mass is 9.90. The number of carbonyl (C=O) groups excluding carboxylic acids is 11. The fraction of sp³-hybridized carbons (Fsp3) is 0.471. The van der Waals surface area contributed by atoms with E-state index in [-0.39, 0.29) is 24.2 Å². The number of hydrogen-bond donors (Lipinski definition) is 18. The van der Waals surface area contributed by atoms with Gasteiger partial charge >= 0.3 is 5.97 Å². The van der Waals surface area contributed by atoms with Crippen molar-refractivity contribution in [3.8, 4) is 16.9 Å². The summed E-state index contributed by atoms with van der Waals surface area (Å²) < 4.78 is 21.4. The van der Waals surface area contributed by atoms with Gasteiger partial charge in [-0.3, -0.25) is 62.7 Å². The molecule has 0 saturated carbocycles. The molecule has 34 nitrogen and oxygen atoms in total. The van der Waals surface area contributed by atoms with Gasteiger partial charge in [0.05, 0.1) is 38.4 Å². The van der Waals surface area contributed by atoms with E-state index < -0.39 is 175 Å². The number of aliphatic hydroxyl groups excluding tert-OH is 3. The summed E-state index contributed by atoms with van der Waals surface area (Å²) in [7, 11) is 0. The number of nitrogens with two attached hydrogens (primary N) is 2. The number of rotatable bonds is 42. The van der Waals surface area contributed by atoms with Crippen LogP contribution in [0.1, 0.15) is 113 Å². The van der Waals surface area contributed by atoms with E-state index in [1.807, 2.05) is 57.2 Å². The predicted molar refractivity (Wildman–Crippen MR) is 374 cm³/mol. The lowest BCUT2D eigenvalue weighted by Crippen LogP contribution is -2.67. The summed E-state index contributed by atoms with van der Waals surface area (Å²) in [4.78, 5) is 164. The summed E-state index contributed by atoms with van der Waals surface area (Å²) in [6.07, 6.45) is -3.08. The minimum absolute atomic E-state index is 0.0755. The molecule has 0 saturated heterocycles. The number of nitrogens with zero attached hydrogens (tertiary/aromatic N) is 3. The molecule has 5 rings (SSSR count). The van der Waals surface area contributed by atoms with Crippen molar-refractivity contribution in [1.82, 2.24) is 74.0 Å². The molecule has 1 aromatic heterocycles. The summed E-state index contributed by atoms with van der Waals surface area (Å²) in [5.41, 5.74) is 14.4. The Morgan fingerprint density at radius 2 is 1.26 bits per heavy atom. The molecule has 10 atom stereocenters. The van der Waals surface area contributed by atoms with Crippen LogP contribution in [0.4, 0.5) is 4.39 Å². The van der Waals surface area contributed by atoms with Crippen LogP contribution in [0, 0.1) is 25.1 Å². The maximum Gasteiger partial charge on any atom is 0.305 e. The second kappa shape index (κ2) is 40.2. The lowest BCUT2D eigenvalue weighted by Gasteiger charge is -2.34. The number of primary amides is 1. The number of carbonyl (C=O) groups is 12. The second-order valence-electron chi connectivity index (χ2n) is 26.1. The van der Waals surface area contributed by atoms with Gasteiger partial charge in [-0.25, -0.2) is 9.87 Å². The molecule has 105 heavy (non-hydrogen) atoms. The zero-order valence-corrected chi connectivity index (χ0v) is 59.6. The van der Waals surface area contributed by atoms with Crippen LogP contribution in [0.2, 0.25) is 0 Å². The molecule has 5 aromatic rings. The number of aliphatic carboxylic acids is 1. The van der Waals surface area contributed by atoms with Crippen molar-refractivity contribution >= 4 is 70.9 Å². The van der Waals surface area contributed by atoms with Crippen molar-refractivity contribution in [2.75, 3.05) is 26.3 Å². The molecule has 1 heterocycles. The van der Waals surface area contributed by atoms with Crippen LogP contribution >= 0.6 is 0 Å². The number of ether oxygens (including phenoxy) is 1. The average molecular weight is 1470 g/mol. The second-order valence-corrected chi connectivity index (χ2v) is 26.1. The molecule has 11 amide bonds. The number of amides is 11. The lowest BCUT2D eigenvalue weighted by molar-refractivity contribution is -0.148. The van der Waals surface area contributed by atoms with E-state index in [1.165, 1.54) is 23.7 Å². The van der Waals surface area contributed by atoms with Gasteiger partial charge in [-0.2, -0.15) is 5.21 Å². The van der Waals surface area contributed by atoms with Gasteiger partial charge in [0.2, 0.25) is 59.1 Å². The number of hydrogen-bond acceptors (Lipinski definition) is 21. The molecular formula is C70H95FN16O18. The van der Waals surface area contributed by atoms with Crippen LogP contribution < -0.4 is 69.5 Å². The van der Waals surface area contributed by atoms with Crippen molar-refractivity contribution in [1.29, 1.82) is 0 Å². The molecule has 20 N–H and O–H groups in total. The van der Waals surface area contributed by atoms with Crippen LogP contribution in [0.15, 0.2) is 84.9 Å². The number of aryl methyl sites for hydroxylation is 4. The van der Waals surface area contributed by atoms with Crippen LogP contribution in [-0.2, 0) is 89.6 Å². The van der Waals surface area contributed by atoms with Gasteiger partial charge in [0.25, 0.3) is 5.91 Å². The first kappa shape index (κ1) is 84.8. The predicted octanol–water partition coefficient (Wildman–Crippen LogP) is -2.02. The summed E-state index contributed by atoms with van der Waals surface area (Å²) in [6.45, 7) is 10.0. The van der Waals surface area contributed by atoms with Crippen LogP contribution in [0.25, 0.3) is 11.1 Å². The van der Waals surface area contributed by atoms with Crippen molar-refractivity contribution in [3.63, 3.8) is 0 Å². The molecule has 0 fully saturated rings. The first-order valence-electron chi connectivity index (χ1n) is 33.9. The van der Waals surface area contributed by atoms with Crippen LogP contribution in [0.5, 0.6) is 5.75 Å². The molecule has 4 aromatic carbocycles. The van der Waals surface area contributed by atoms with Gasteiger partial charge < -0.3 is 84.5 Å². The number of nitrogens with one attached hydrogen (secondary N) is 11. The maximum atomic E-state index is 15.4. The number of tetrazole rings is 1. The minimum atomic E-state index is -2.41. The third kappa shape index (κ3) is 25.8. The number of H-pyrrole nitrogens is 1. The quantitative estimate of drug-likeness (QED) is 0.00868. The summed E-state index contributed by atoms with van der Waals surface area (Å²) in [6, 6.07) is 10.9. The Bertz CT molecular complexity index is 3840. The van der Waals surface area contributed by atoms with Crippen molar-refractivity contribution < 1.29 is 92.3 Å². The van der Waals surface area contributed by atoms with Gasteiger partial charge in [0.1, 0.15) is 64.8 Å². The van der Waals surface area contributed by atoms with Gasteiger partial charge in [0.15, 0.2) is 5.82 Å². The molecule has 570 valence electrons. The number of halogens is 1. The first-order valence-corrected chi connectivity index (χ1v) is 33.9. The number of aromatic nitrogens is 4. The highest BCUT2D eigenvalue weighted by molar-refractivity contribution is 6.05. The molecule has 0 aliphatic carbocycles. The van der Waals surface area contributed by atoms with Crippen LogP contribution in [-0.4, -0.2) is 204 Å². The van der Waals surface area contributed by atoms with Crippen molar-refractivity contribution in [2.24, 2.45) is 16.9 Å². The molecule has 0 aliphatic heterocycles. The number of hydroxylamine groups is 1. The number of carboxylic acid groups (broad SMARTS) is 1. The highest BCUT2D eigenvalue weighted by Gasteiger charge is 2.43. The van der Waals surface area contributed by atoms with Gasteiger partial charge in [-0.1, -0.05) is 90.0 Å². The smallest absolute Gasteiger partial charge is 0.305 e. The zero-order valence-electron chi connectivity index (χ0n) is 59.6. The van der Waals surface area contributed by atoms with Crippen LogP contribution in [0.3, 0.4) is 0 Å². The van der Waals surface area contributed by atoms with Gasteiger partial charge in [0, 0.05) is 19.3 Å². The first-order chi connectivity index (χ1) is 49.6. The maximum absolute atomic E-state index is 15.4. The largest absolute Gasteiger partial charge is 0.494 e. The highest BCUT2D eigenvalue weighted by Crippen LogP contribution is 2.29. The monoisotopic (exact) mass is 1470 g/mol. The minimum Gasteiger partial charge on any atom is -0.494 e. The van der Waals surface area contributed by atoms with Crippen molar-refractivity contribution in [2.45, 2.75) is 180 Å². The normalized spacial score (nSPS) is 14.4. The molecule has 0 aliphatic rings. The number of aromatic amines is 1. The third-order valence-corrected chi connectivity index (χ3v) is 17.0. The Morgan fingerprint density at radius 1 is 0.648 bits per heavy atom. The van der Waals surface area contributed by atoms with E-state index in [1.54, 1.807) is 24.3 Å². The van der Waals surface area contributed by atoms with E-state index in [4.69, 9.17) is 21.4 Å². The van der Waals surface area contributed by atoms with E-state index in [0.717, 1.165) is 86.9 Å². The summed E-state index contributed by atoms with van der Waals surface area (Å²) in [5.74, 6) is -14.9. The molecule has 35 heteroatoms.